The molecule has 6 unspecified atom stereocenters. The molecule has 2 heteroatoms. The van der Waals surface area contributed by atoms with Crippen LogP contribution in [-0.4, -0.2) is 11.9 Å². The summed E-state index contributed by atoms with van der Waals surface area (Å²) in [6.45, 7) is 4.14. The van der Waals surface area contributed by atoms with Crippen LogP contribution in [-0.2, 0) is 4.79 Å². The van der Waals surface area contributed by atoms with Gasteiger partial charge in [-0.1, -0.05) is 20.3 Å². The van der Waals surface area contributed by atoms with Crippen LogP contribution in [0.3, 0.4) is 0 Å². The third-order valence-electron chi connectivity index (χ3n) is 5.82. The van der Waals surface area contributed by atoms with Crippen LogP contribution >= 0.6 is 0 Å². The maximum atomic E-state index is 12.0. The molecule has 0 spiro atoms. The van der Waals surface area contributed by atoms with Gasteiger partial charge in [-0.15, -0.1) is 0 Å². The van der Waals surface area contributed by atoms with E-state index < -0.39 is 0 Å². The van der Waals surface area contributed by atoms with Gasteiger partial charge in [-0.05, 0) is 55.8 Å². The topological polar surface area (TPSA) is 29.1 Å². The Morgan fingerprint density at radius 3 is 2.76 bits per heavy atom. The molecule has 0 radical (unpaired) electrons. The monoisotopic (exact) mass is 235 g/mol. The predicted octanol–water partition coefficient (Wildman–Crippen LogP) is 2.97. The Bertz CT molecular complexity index is 314. The van der Waals surface area contributed by atoms with Gasteiger partial charge in [0.1, 0.15) is 0 Å². The van der Waals surface area contributed by atoms with Gasteiger partial charge in [-0.3, -0.25) is 4.79 Å². The summed E-state index contributed by atoms with van der Waals surface area (Å²) in [5.41, 5.74) is 0. The number of nitrogens with one attached hydrogen (secondary N) is 1. The number of hydrogen-bond donors (Lipinski definition) is 1. The minimum Gasteiger partial charge on any atom is -0.353 e. The zero-order valence-electron chi connectivity index (χ0n) is 11.1. The summed E-state index contributed by atoms with van der Waals surface area (Å²) in [5.74, 6) is 4.22. The Morgan fingerprint density at radius 1 is 1.24 bits per heavy atom. The first-order chi connectivity index (χ1) is 8.20. The molecule has 3 aliphatic carbocycles. The quantitative estimate of drug-likeness (QED) is 0.800. The first-order valence-corrected chi connectivity index (χ1v) is 7.51. The second-order valence-corrected chi connectivity index (χ2v) is 6.58. The van der Waals surface area contributed by atoms with Crippen molar-refractivity contribution in [2.24, 2.45) is 29.6 Å². The van der Waals surface area contributed by atoms with E-state index in [0.29, 0.717) is 11.9 Å². The van der Waals surface area contributed by atoms with Crippen molar-refractivity contribution in [2.45, 2.75) is 58.4 Å². The lowest BCUT2D eigenvalue weighted by Crippen LogP contribution is -2.44. The van der Waals surface area contributed by atoms with Crippen molar-refractivity contribution < 1.29 is 4.79 Å². The van der Waals surface area contributed by atoms with Crippen molar-refractivity contribution in [1.82, 2.24) is 5.32 Å². The van der Waals surface area contributed by atoms with Crippen LogP contribution in [0, 0.1) is 29.6 Å². The number of fused-ring (bicyclic) bond motifs is 5. The van der Waals surface area contributed by atoms with Crippen molar-refractivity contribution in [3.63, 3.8) is 0 Å². The van der Waals surface area contributed by atoms with Gasteiger partial charge in [-0.2, -0.15) is 0 Å². The summed E-state index contributed by atoms with van der Waals surface area (Å²) < 4.78 is 0. The van der Waals surface area contributed by atoms with Gasteiger partial charge in [0.2, 0.25) is 5.91 Å². The third-order valence-corrected chi connectivity index (χ3v) is 5.82. The van der Waals surface area contributed by atoms with Crippen molar-refractivity contribution in [3.8, 4) is 0 Å². The Labute approximate surface area is 105 Å². The largest absolute Gasteiger partial charge is 0.353 e. The zero-order valence-corrected chi connectivity index (χ0v) is 11.1. The first-order valence-electron chi connectivity index (χ1n) is 7.51. The summed E-state index contributed by atoms with van der Waals surface area (Å²) in [4.78, 5) is 12.0. The maximum absolute atomic E-state index is 12.0. The van der Waals surface area contributed by atoms with E-state index >= 15 is 0 Å². The van der Waals surface area contributed by atoms with Gasteiger partial charge in [0.15, 0.2) is 0 Å². The molecule has 0 aromatic heterocycles. The molecule has 3 aliphatic rings. The second kappa shape index (κ2) is 4.29. The highest BCUT2D eigenvalue weighted by atomic mass is 16.1. The number of hydrogen-bond acceptors (Lipinski definition) is 1. The number of carbonyl (C=O) groups excluding carboxylic acids is 1. The molecule has 0 aliphatic heterocycles. The van der Waals surface area contributed by atoms with Gasteiger partial charge >= 0.3 is 0 Å². The molecule has 3 rings (SSSR count). The Balaban J connectivity index is 1.62. The van der Waals surface area contributed by atoms with E-state index in [0.717, 1.165) is 30.1 Å². The maximum Gasteiger partial charge on any atom is 0.223 e. The molecular formula is C15H25NO. The molecule has 3 saturated carbocycles. The normalized spacial score (nSPS) is 44.7. The first kappa shape index (κ1) is 11.6. The second-order valence-electron chi connectivity index (χ2n) is 6.58. The Kier molecular flexibility index (Phi) is 2.92. The third kappa shape index (κ3) is 1.80. The van der Waals surface area contributed by atoms with E-state index in [-0.39, 0.29) is 5.92 Å². The minimum absolute atomic E-state index is 0.188. The fourth-order valence-electron chi connectivity index (χ4n) is 4.74. The Morgan fingerprint density at radius 2 is 2.00 bits per heavy atom. The fraction of sp³-hybridized carbons (Fsp3) is 0.933. The number of amides is 1. The van der Waals surface area contributed by atoms with Crippen molar-refractivity contribution in [3.05, 3.63) is 0 Å². The molecule has 17 heavy (non-hydrogen) atoms. The van der Waals surface area contributed by atoms with E-state index in [1.807, 2.05) is 6.92 Å². The van der Waals surface area contributed by atoms with Gasteiger partial charge < -0.3 is 5.32 Å². The van der Waals surface area contributed by atoms with Crippen molar-refractivity contribution in [2.75, 3.05) is 0 Å². The van der Waals surface area contributed by atoms with Gasteiger partial charge in [0.05, 0.1) is 0 Å². The summed E-state index contributed by atoms with van der Waals surface area (Å²) in [7, 11) is 0. The molecular weight excluding hydrogens is 210 g/mol. The van der Waals surface area contributed by atoms with Gasteiger partial charge in [0.25, 0.3) is 0 Å². The van der Waals surface area contributed by atoms with Gasteiger partial charge in [-0.25, -0.2) is 0 Å². The average molecular weight is 235 g/mol. The molecule has 3 fully saturated rings. The molecule has 2 bridgehead atoms. The lowest BCUT2D eigenvalue weighted by molar-refractivity contribution is -0.125. The molecule has 1 amide bonds. The van der Waals surface area contributed by atoms with Crippen LogP contribution in [0.1, 0.15) is 52.4 Å². The molecule has 0 aromatic rings. The standard InChI is InChI=1S/C15H25NO/c1-3-9(2)15(17)16-14-8-10-7-13(14)12-6-4-5-11(10)12/h9-14H,3-8H2,1-2H3,(H,16,17). The molecule has 0 aromatic carbocycles. The van der Waals surface area contributed by atoms with E-state index in [9.17, 15) is 4.79 Å². The zero-order chi connectivity index (χ0) is 12.0. The van der Waals surface area contributed by atoms with Crippen LogP contribution in [0.25, 0.3) is 0 Å². The highest BCUT2D eigenvalue weighted by Gasteiger charge is 2.54. The van der Waals surface area contributed by atoms with Crippen LogP contribution in [0.2, 0.25) is 0 Å². The van der Waals surface area contributed by atoms with Crippen LogP contribution in [0.4, 0.5) is 0 Å². The summed E-state index contributed by atoms with van der Waals surface area (Å²) in [6, 6.07) is 0.515. The molecule has 0 heterocycles. The minimum atomic E-state index is 0.188. The molecule has 6 atom stereocenters. The average Bonchev–Trinajstić information content (AvgIpc) is 2.98. The molecule has 0 saturated heterocycles. The SMILES string of the molecule is CCC(C)C(=O)NC1CC2CC1C1CCCC21. The van der Waals surface area contributed by atoms with Crippen LogP contribution < -0.4 is 5.32 Å². The van der Waals surface area contributed by atoms with Gasteiger partial charge in [0, 0.05) is 12.0 Å². The summed E-state index contributed by atoms with van der Waals surface area (Å²) in [5, 5.41) is 3.33. The van der Waals surface area contributed by atoms with E-state index in [2.05, 4.69) is 12.2 Å². The van der Waals surface area contributed by atoms with Crippen molar-refractivity contribution >= 4 is 5.91 Å². The van der Waals surface area contributed by atoms with E-state index in [1.54, 1.807) is 0 Å². The highest BCUT2D eigenvalue weighted by Crippen LogP contribution is 2.58. The highest BCUT2D eigenvalue weighted by molar-refractivity contribution is 5.78. The van der Waals surface area contributed by atoms with Crippen LogP contribution in [0.5, 0.6) is 0 Å². The fourth-order valence-corrected chi connectivity index (χ4v) is 4.74. The molecule has 1 N–H and O–H groups in total. The van der Waals surface area contributed by atoms with Crippen LogP contribution in [0.15, 0.2) is 0 Å². The predicted molar refractivity (Wildman–Crippen MR) is 68.4 cm³/mol. The number of rotatable bonds is 3. The Hall–Kier alpha value is -0.530. The lowest BCUT2D eigenvalue weighted by atomic mass is 9.79. The number of carbonyl (C=O) groups is 1. The van der Waals surface area contributed by atoms with E-state index in [1.165, 1.54) is 32.1 Å². The summed E-state index contributed by atoms with van der Waals surface area (Å²) in [6.07, 6.45) is 7.97. The lowest BCUT2D eigenvalue weighted by Gasteiger charge is -2.32. The van der Waals surface area contributed by atoms with E-state index in [4.69, 9.17) is 0 Å². The molecule has 96 valence electrons. The molecule has 2 nitrogen and oxygen atoms in total. The smallest absolute Gasteiger partial charge is 0.223 e. The van der Waals surface area contributed by atoms with Crippen molar-refractivity contribution in [1.29, 1.82) is 0 Å². The summed E-state index contributed by atoms with van der Waals surface area (Å²) >= 11 is 0.